The number of anilines is 2. The summed E-state index contributed by atoms with van der Waals surface area (Å²) in [6.45, 7) is 2.96. The number of alkyl halides is 3. The van der Waals surface area contributed by atoms with Crippen LogP contribution >= 0.6 is 0 Å². The molecule has 11 heteroatoms. The fraction of sp³-hybridized carbons (Fsp3) is 0.304. The molecule has 1 aromatic heterocycles. The van der Waals surface area contributed by atoms with Crippen LogP contribution in [0.5, 0.6) is 0 Å². The van der Waals surface area contributed by atoms with E-state index in [2.05, 4.69) is 32.3 Å². The Labute approximate surface area is 194 Å². The molecule has 3 aromatic rings. The zero-order valence-electron chi connectivity index (χ0n) is 18.2. The molecule has 0 unspecified atom stereocenters. The van der Waals surface area contributed by atoms with Gasteiger partial charge in [0.15, 0.2) is 0 Å². The zero-order chi connectivity index (χ0) is 24.1. The number of nitrogens with zero attached hydrogens (tertiary/aromatic N) is 5. The Balaban J connectivity index is 1.49. The number of hydrogen-bond acceptors (Lipinski definition) is 7. The topological polar surface area (TPSA) is 87.4 Å². The summed E-state index contributed by atoms with van der Waals surface area (Å²) in [5.74, 6) is 0.0460. The minimum atomic E-state index is -4.53. The molecule has 0 aliphatic carbocycles. The number of aromatic nitrogens is 2. The molecule has 0 bridgehead atoms. The molecule has 8 nitrogen and oxygen atoms in total. The summed E-state index contributed by atoms with van der Waals surface area (Å²) in [6.07, 6.45) is -3.34. The highest BCUT2D eigenvalue weighted by molar-refractivity contribution is 5.70. The average molecular weight is 472 g/mol. The van der Waals surface area contributed by atoms with Crippen LogP contribution in [0.1, 0.15) is 16.7 Å². The van der Waals surface area contributed by atoms with Gasteiger partial charge in [0, 0.05) is 39.3 Å². The minimum Gasteiger partial charge on any atom is -0.360 e. The van der Waals surface area contributed by atoms with Gasteiger partial charge in [-0.1, -0.05) is 48.5 Å². The first-order valence-electron chi connectivity index (χ1n) is 10.7. The largest absolute Gasteiger partial charge is 0.416 e. The van der Waals surface area contributed by atoms with Crippen LogP contribution in [-0.4, -0.2) is 46.0 Å². The molecule has 0 amide bonds. The van der Waals surface area contributed by atoms with Crippen molar-refractivity contribution in [2.75, 3.05) is 36.4 Å². The molecule has 34 heavy (non-hydrogen) atoms. The van der Waals surface area contributed by atoms with E-state index in [1.165, 1.54) is 30.1 Å². The van der Waals surface area contributed by atoms with Crippen LogP contribution in [-0.2, 0) is 19.3 Å². The van der Waals surface area contributed by atoms with E-state index in [1.807, 2.05) is 23.1 Å². The highest BCUT2D eigenvalue weighted by Gasteiger charge is 2.33. The smallest absolute Gasteiger partial charge is 0.360 e. The minimum absolute atomic E-state index is 0.0287. The van der Waals surface area contributed by atoms with Gasteiger partial charge < -0.3 is 10.2 Å². The summed E-state index contributed by atoms with van der Waals surface area (Å²) >= 11 is 0. The first-order valence-corrected chi connectivity index (χ1v) is 10.7. The van der Waals surface area contributed by atoms with Crippen LogP contribution < -0.4 is 10.2 Å². The summed E-state index contributed by atoms with van der Waals surface area (Å²) in [7, 11) is 0. The summed E-state index contributed by atoms with van der Waals surface area (Å²) in [4.78, 5) is 23.5. The Hall–Kier alpha value is -3.73. The monoisotopic (exact) mass is 472 g/mol. The molecular formula is C23H23F3N6O2. The molecular weight excluding hydrogens is 449 g/mol. The summed E-state index contributed by atoms with van der Waals surface area (Å²) in [6, 6.07) is 15.1. The first kappa shape index (κ1) is 23.4. The average Bonchev–Trinajstić information content (AvgIpc) is 2.83. The lowest BCUT2D eigenvalue weighted by Gasteiger charge is -2.35. The molecule has 2 aromatic carbocycles. The SMILES string of the molecule is O=[N+]([O-])c1c(NCc2ccccc2C(F)(F)F)ncnc1N1CCN(Cc2ccccc2)CC1. The molecule has 4 rings (SSSR count). The Kier molecular flexibility index (Phi) is 6.92. The number of halogens is 3. The van der Waals surface area contributed by atoms with Crippen molar-refractivity contribution < 1.29 is 18.1 Å². The lowest BCUT2D eigenvalue weighted by molar-refractivity contribution is -0.383. The second kappa shape index (κ2) is 10.0. The lowest BCUT2D eigenvalue weighted by atomic mass is 10.1. The Morgan fingerprint density at radius 3 is 2.32 bits per heavy atom. The van der Waals surface area contributed by atoms with E-state index in [-0.39, 0.29) is 29.4 Å². The Bertz CT molecular complexity index is 1140. The molecule has 0 atom stereocenters. The second-order valence-electron chi connectivity index (χ2n) is 7.91. The van der Waals surface area contributed by atoms with Crippen molar-refractivity contribution in [2.45, 2.75) is 19.3 Å². The molecule has 0 radical (unpaired) electrons. The van der Waals surface area contributed by atoms with Gasteiger partial charge in [0.1, 0.15) is 6.33 Å². The number of piperazine rings is 1. The van der Waals surface area contributed by atoms with Gasteiger partial charge in [0.25, 0.3) is 0 Å². The number of hydrogen-bond donors (Lipinski definition) is 1. The molecule has 2 heterocycles. The molecule has 1 saturated heterocycles. The molecule has 1 aliphatic rings. The normalized spacial score (nSPS) is 14.7. The maximum absolute atomic E-state index is 13.3. The van der Waals surface area contributed by atoms with Gasteiger partial charge in [-0.25, -0.2) is 9.97 Å². The molecule has 1 fully saturated rings. The predicted molar refractivity (Wildman–Crippen MR) is 121 cm³/mol. The van der Waals surface area contributed by atoms with E-state index >= 15 is 0 Å². The van der Waals surface area contributed by atoms with Gasteiger partial charge in [-0.05, 0) is 17.2 Å². The van der Waals surface area contributed by atoms with Gasteiger partial charge in [-0.2, -0.15) is 13.2 Å². The van der Waals surface area contributed by atoms with Gasteiger partial charge in [0.2, 0.25) is 11.6 Å². The van der Waals surface area contributed by atoms with Crippen molar-refractivity contribution in [1.29, 1.82) is 0 Å². The molecule has 0 saturated carbocycles. The van der Waals surface area contributed by atoms with Crippen molar-refractivity contribution >= 4 is 17.3 Å². The standard InChI is InChI=1S/C23H23F3N6O2/c24-23(25,26)19-9-5-4-8-18(19)14-27-21-20(32(33)34)22(29-16-28-21)31-12-10-30(11-13-31)15-17-6-2-1-3-7-17/h1-9,16H,10-15H2,(H,27,28,29). The molecule has 0 spiro atoms. The van der Waals surface area contributed by atoms with E-state index < -0.39 is 16.7 Å². The van der Waals surface area contributed by atoms with Crippen molar-refractivity contribution in [2.24, 2.45) is 0 Å². The van der Waals surface area contributed by atoms with E-state index in [1.54, 1.807) is 0 Å². The third-order valence-electron chi connectivity index (χ3n) is 5.68. The fourth-order valence-electron chi connectivity index (χ4n) is 3.99. The number of benzene rings is 2. The first-order chi connectivity index (χ1) is 16.3. The molecule has 1 aliphatic heterocycles. The van der Waals surface area contributed by atoms with Crippen LogP contribution in [0.25, 0.3) is 0 Å². The van der Waals surface area contributed by atoms with Crippen molar-refractivity contribution in [3.05, 3.63) is 87.7 Å². The Morgan fingerprint density at radius 2 is 1.65 bits per heavy atom. The molecule has 1 N–H and O–H groups in total. The van der Waals surface area contributed by atoms with Crippen LogP contribution in [0, 0.1) is 10.1 Å². The lowest BCUT2D eigenvalue weighted by Crippen LogP contribution is -2.46. The quantitative estimate of drug-likeness (QED) is 0.404. The summed E-state index contributed by atoms with van der Waals surface area (Å²) in [5, 5.41) is 14.6. The third kappa shape index (κ3) is 5.42. The maximum Gasteiger partial charge on any atom is 0.416 e. The summed E-state index contributed by atoms with van der Waals surface area (Å²) < 4.78 is 39.9. The van der Waals surface area contributed by atoms with E-state index in [0.717, 1.165) is 12.6 Å². The number of nitrogens with one attached hydrogen (secondary N) is 1. The van der Waals surface area contributed by atoms with Gasteiger partial charge in [-0.3, -0.25) is 15.0 Å². The van der Waals surface area contributed by atoms with Crippen LogP contribution in [0.3, 0.4) is 0 Å². The predicted octanol–water partition coefficient (Wildman–Crippen LogP) is 4.34. The second-order valence-corrected chi connectivity index (χ2v) is 7.91. The van der Waals surface area contributed by atoms with E-state index in [9.17, 15) is 23.3 Å². The van der Waals surface area contributed by atoms with Gasteiger partial charge >= 0.3 is 11.9 Å². The van der Waals surface area contributed by atoms with Crippen LogP contribution in [0.4, 0.5) is 30.5 Å². The fourth-order valence-corrected chi connectivity index (χ4v) is 3.99. The maximum atomic E-state index is 13.3. The van der Waals surface area contributed by atoms with Gasteiger partial charge in [0.05, 0.1) is 10.5 Å². The van der Waals surface area contributed by atoms with Crippen LogP contribution in [0.15, 0.2) is 60.9 Å². The highest BCUT2D eigenvalue weighted by atomic mass is 19.4. The van der Waals surface area contributed by atoms with E-state index in [0.29, 0.717) is 26.2 Å². The van der Waals surface area contributed by atoms with Gasteiger partial charge in [-0.15, -0.1) is 0 Å². The zero-order valence-corrected chi connectivity index (χ0v) is 18.2. The van der Waals surface area contributed by atoms with Crippen molar-refractivity contribution in [3.63, 3.8) is 0 Å². The van der Waals surface area contributed by atoms with Crippen LogP contribution in [0.2, 0.25) is 0 Å². The van der Waals surface area contributed by atoms with Crippen molar-refractivity contribution in [1.82, 2.24) is 14.9 Å². The Morgan fingerprint density at radius 1 is 0.971 bits per heavy atom. The summed E-state index contributed by atoms with van der Waals surface area (Å²) in [5.41, 5.74) is 0.0195. The number of nitro groups is 1. The highest BCUT2D eigenvalue weighted by Crippen LogP contribution is 2.35. The van der Waals surface area contributed by atoms with E-state index in [4.69, 9.17) is 0 Å². The van der Waals surface area contributed by atoms with Crippen molar-refractivity contribution in [3.8, 4) is 0 Å². The third-order valence-corrected chi connectivity index (χ3v) is 5.68. The number of rotatable bonds is 7. The molecule has 178 valence electrons.